The lowest BCUT2D eigenvalue weighted by atomic mass is 10.3. The Balaban J connectivity index is 3.73. The summed E-state index contributed by atoms with van der Waals surface area (Å²) in [5.74, 6) is -0.413. The van der Waals surface area contributed by atoms with Gasteiger partial charge < -0.3 is 24.1 Å². The van der Waals surface area contributed by atoms with E-state index >= 15 is 0 Å². The molecule has 4 atom stereocenters. The molecule has 6 nitrogen and oxygen atoms in total. The third-order valence-electron chi connectivity index (χ3n) is 2.65. The number of hydrogen-bond donors (Lipinski definition) is 1. The molecule has 0 aromatic rings. The van der Waals surface area contributed by atoms with Gasteiger partial charge in [0, 0.05) is 5.57 Å². The molecule has 1 N–H and O–H groups in total. The highest BCUT2D eigenvalue weighted by Crippen LogP contribution is 2.02. The first-order valence-corrected chi connectivity index (χ1v) is 7.57. The van der Waals surface area contributed by atoms with Crippen LogP contribution in [0.4, 0.5) is 0 Å². The summed E-state index contributed by atoms with van der Waals surface area (Å²) in [4.78, 5) is 11.2. The largest absolute Gasteiger partial charge is 0.460 e. The molecule has 0 fully saturated rings. The molecular formula is C16H30O6. The van der Waals surface area contributed by atoms with E-state index < -0.39 is 12.1 Å². The van der Waals surface area contributed by atoms with Gasteiger partial charge in [-0.15, -0.1) is 0 Å². The summed E-state index contributed by atoms with van der Waals surface area (Å²) < 4.78 is 21.5. The third-order valence-corrected chi connectivity index (χ3v) is 2.65. The molecule has 0 saturated carbocycles. The number of aliphatic hydroxyl groups is 1. The normalized spacial score (nSPS) is 16.6. The van der Waals surface area contributed by atoms with E-state index in [9.17, 15) is 4.79 Å². The molecule has 4 unspecified atom stereocenters. The molecule has 0 aliphatic rings. The van der Waals surface area contributed by atoms with Crippen LogP contribution in [-0.4, -0.2) is 61.9 Å². The second kappa shape index (κ2) is 11.6. The Kier molecular flexibility index (Phi) is 11.1. The summed E-state index contributed by atoms with van der Waals surface area (Å²) in [6.07, 6.45) is -0.882. The minimum Gasteiger partial charge on any atom is -0.460 e. The van der Waals surface area contributed by atoms with Crippen LogP contribution in [-0.2, 0) is 23.7 Å². The third kappa shape index (κ3) is 11.7. The van der Waals surface area contributed by atoms with Crippen LogP contribution in [0.2, 0.25) is 0 Å². The monoisotopic (exact) mass is 318 g/mol. The second-order valence-electron chi connectivity index (χ2n) is 5.66. The van der Waals surface area contributed by atoms with E-state index in [1.807, 2.05) is 20.8 Å². The number of ether oxygens (including phenoxy) is 4. The van der Waals surface area contributed by atoms with Crippen molar-refractivity contribution < 1.29 is 28.8 Å². The van der Waals surface area contributed by atoms with Gasteiger partial charge in [0.1, 0.15) is 6.61 Å². The maximum absolute atomic E-state index is 11.2. The standard InChI is InChI=1S/C16H30O6/c1-11(2)16(18)22-10-15(6)21-9-14(5)20-8-13(4)19-7-12(3)17/h12-15,17H,1,7-10H2,2-6H3. The lowest BCUT2D eigenvalue weighted by Gasteiger charge is -2.20. The highest BCUT2D eigenvalue weighted by Gasteiger charge is 2.12. The van der Waals surface area contributed by atoms with Crippen molar-refractivity contribution in [2.45, 2.75) is 59.0 Å². The number of carbonyl (C=O) groups excluding carboxylic acids is 1. The molecule has 0 saturated heterocycles. The molecule has 0 radical (unpaired) electrons. The molecule has 22 heavy (non-hydrogen) atoms. The summed E-state index contributed by atoms with van der Waals surface area (Å²) in [6.45, 7) is 13.7. The fraction of sp³-hybridized carbons (Fsp3) is 0.812. The van der Waals surface area contributed by atoms with Crippen molar-refractivity contribution in [3.8, 4) is 0 Å². The Labute approximate surface area is 133 Å². The Hall–Kier alpha value is -0.950. The number of aliphatic hydroxyl groups excluding tert-OH is 1. The average molecular weight is 318 g/mol. The molecule has 6 heteroatoms. The lowest BCUT2D eigenvalue weighted by molar-refractivity contribution is -0.144. The zero-order valence-corrected chi connectivity index (χ0v) is 14.3. The first kappa shape index (κ1) is 21.0. The van der Waals surface area contributed by atoms with Gasteiger partial charge in [-0.2, -0.15) is 0 Å². The summed E-state index contributed by atoms with van der Waals surface area (Å²) in [7, 11) is 0. The van der Waals surface area contributed by atoms with Gasteiger partial charge in [-0.3, -0.25) is 0 Å². The molecule has 0 bridgehead atoms. The zero-order valence-electron chi connectivity index (χ0n) is 14.3. The van der Waals surface area contributed by atoms with E-state index in [4.69, 9.17) is 24.1 Å². The lowest BCUT2D eigenvalue weighted by Crippen LogP contribution is -2.28. The summed E-state index contributed by atoms with van der Waals surface area (Å²) in [5.41, 5.74) is 0.370. The van der Waals surface area contributed by atoms with Gasteiger partial charge >= 0.3 is 5.97 Å². The van der Waals surface area contributed by atoms with E-state index in [0.717, 1.165) is 0 Å². The molecule has 0 aromatic heterocycles. The minimum absolute atomic E-state index is 0.0917. The van der Waals surface area contributed by atoms with E-state index in [-0.39, 0.29) is 24.9 Å². The Morgan fingerprint density at radius 1 is 0.909 bits per heavy atom. The van der Waals surface area contributed by atoms with Crippen molar-refractivity contribution in [3.63, 3.8) is 0 Å². The molecule has 0 amide bonds. The predicted molar refractivity (Wildman–Crippen MR) is 83.7 cm³/mol. The van der Waals surface area contributed by atoms with Crippen LogP contribution in [0.1, 0.15) is 34.6 Å². The summed E-state index contributed by atoms with van der Waals surface area (Å²) >= 11 is 0. The van der Waals surface area contributed by atoms with Gasteiger partial charge in [-0.05, 0) is 34.6 Å². The summed E-state index contributed by atoms with van der Waals surface area (Å²) in [5, 5.41) is 9.12. The predicted octanol–water partition coefficient (Wildman–Crippen LogP) is 1.70. The minimum atomic E-state index is -0.481. The van der Waals surface area contributed by atoms with Gasteiger partial charge in [-0.1, -0.05) is 6.58 Å². The molecular weight excluding hydrogens is 288 g/mol. The fourth-order valence-electron chi connectivity index (χ4n) is 1.36. The van der Waals surface area contributed by atoms with Gasteiger partial charge in [0.15, 0.2) is 0 Å². The average Bonchev–Trinajstić information content (AvgIpc) is 2.45. The van der Waals surface area contributed by atoms with Crippen LogP contribution in [0.5, 0.6) is 0 Å². The maximum atomic E-state index is 11.2. The van der Waals surface area contributed by atoms with Crippen molar-refractivity contribution in [1.82, 2.24) is 0 Å². The molecule has 0 rings (SSSR count). The molecule has 130 valence electrons. The van der Waals surface area contributed by atoms with Gasteiger partial charge in [0.2, 0.25) is 0 Å². The van der Waals surface area contributed by atoms with Crippen LogP contribution in [0, 0.1) is 0 Å². The van der Waals surface area contributed by atoms with E-state index in [1.165, 1.54) is 0 Å². The highest BCUT2D eigenvalue weighted by molar-refractivity contribution is 5.86. The topological polar surface area (TPSA) is 74.2 Å². The van der Waals surface area contributed by atoms with Crippen molar-refractivity contribution in [3.05, 3.63) is 12.2 Å². The Bertz CT molecular complexity index is 329. The number of rotatable bonds is 12. The number of carbonyl (C=O) groups is 1. The number of esters is 1. The van der Waals surface area contributed by atoms with Crippen molar-refractivity contribution in [2.75, 3.05) is 26.4 Å². The Morgan fingerprint density at radius 3 is 1.73 bits per heavy atom. The summed E-state index contributed by atoms with van der Waals surface area (Å²) in [6, 6.07) is 0. The van der Waals surface area contributed by atoms with Crippen molar-refractivity contribution >= 4 is 5.97 Å². The fourth-order valence-corrected chi connectivity index (χ4v) is 1.36. The zero-order chi connectivity index (χ0) is 17.1. The van der Waals surface area contributed by atoms with Crippen molar-refractivity contribution in [2.24, 2.45) is 0 Å². The van der Waals surface area contributed by atoms with E-state index in [1.54, 1.807) is 13.8 Å². The second-order valence-corrected chi connectivity index (χ2v) is 5.66. The van der Waals surface area contributed by atoms with Gasteiger partial charge in [-0.25, -0.2) is 4.79 Å². The molecule has 0 aliphatic heterocycles. The molecule has 0 spiro atoms. The van der Waals surface area contributed by atoms with E-state index in [2.05, 4.69) is 6.58 Å². The molecule has 0 heterocycles. The maximum Gasteiger partial charge on any atom is 0.333 e. The quantitative estimate of drug-likeness (QED) is 0.436. The molecule has 0 aliphatic carbocycles. The van der Waals surface area contributed by atoms with Gasteiger partial charge in [0.25, 0.3) is 0 Å². The van der Waals surface area contributed by atoms with Gasteiger partial charge in [0.05, 0.1) is 44.2 Å². The van der Waals surface area contributed by atoms with E-state index in [0.29, 0.717) is 25.4 Å². The van der Waals surface area contributed by atoms with Crippen LogP contribution in [0.3, 0.4) is 0 Å². The first-order valence-electron chi connectivity index (χ1n) is 7.57. The first-order chi connectivity index (χ1) is 10.2. The van der Waals surface area contributed by atoms with Crippen LogP contribution in [0.25, 0.3) is 0 Å². The number of hydrogen-bond acceptors (Lipinski definition) is 6. The Morgan fingerprint density at radius 2 is 1.32 bits per heavy atom. The van der Waals surface area contributed by atoms with Crippen LogP contribution in [0.15, 0.2) is 12.2 Å². The smallest absolute Gasteiger partial charge is 0.333 e. The molecule has 0 aromatic carbocycles. The van der Waals surface area contributed by atoms with Crippen LogP contribution >= 0.6 is 0 Å². The van der Waals surface area contributed by atoms with Crippen LogP contribution < -0.4 is 0 Å². The highest BCUT2D eigenvalue weighted by atomic mass is 16.6. The SMILES string of the molecule is C=C(C)C(=O)OCC(C)OCC(C)OCC(C)OCC(C)O. The van der Waals surface area contributed by atoms with Crippen molar-refractivity contribution in [1.29, 1.82) is 0 Å².